The van der Waals surface area contributed by atoms with Gasteiger partial charge < -0.3 is 4.74 Å². The van der Waals surface area contributed by atoms with Crippen LogP contribution in [0, 0.1) is 17.3 Å². The number of carbonyl (C=O) groups excluding carboxylic acids is 2. The van der Waals surface area contributed by atoms with Gasteiger partial charge in [-0.05, 0) is 37.0 Å². The predicted molar refractivity (Wildman–Crippen MR) is 77.0 cm³/mol. The molecular formula is C15H22O3S. The highest BCUT2D eigenvalue weighted by molar-refractivity contribution is 8.01. The molecule has 3 aliphatic carbocycles. The van der Waals surface area contributed by atoms with Gasteiger partial charge in [-0.25, -0.2) is 0 Å². The van der Waals surface area contributed by atoms with Crippen LogP contribution in [0.5, 0.6) is 0 Å². The lowest BCUT2D eigenvalue weighted by Crippen LogP contribution is -2.48. The van der Waals surface area contributed by atoms with Gasteiger partial charge in [-0.1, -0.05) is 25.5 Å². The first kappa shape index (κ1) is 14.6. The van der Waals surface area contributed by atoms with Crippen molar-refractivity contribution in [2.24, 2.45) is 17.3 Å². The minimum Gasteiger partial charge on any atom is -0.468 e. The summed E-state index contributed by atoms with van der Waals surface area (Å²) >= 11 is 1.41. The topological polar surface area (TPSA) is 43.4 Å². The van der Waals surface area contributed by atoms with Crippen molar-refractivity contribution >= 4 is 23.5 Å². The molecule has 0 N–H and O–H groups in total. The molecule has 1 unspecified atom stereocenters. The van der Waals surface area contributed by atoms with Gasteiger partial charge in [0.2, 0.25) is 0 Å². The van der Waals surface area contributed by atoms with Crippen molar-refractivity contribution in [3.63, 3.8) is 0 Å². The summed E-state index contributed by atoms with van der Waals surface area (Å²) in [4.78, 5) is 23.1. The lowest BCUT2D eigenvalue weighted by molar-refractivity contribution is -0.142. The first-order chi connectivity index (χ1) is 8.87. The molecule has 0 aromatic heterocycles. The Hall–Kier alpha value is -0.770. The molecule has 0 aromatic rings. The van der Waals surface area contributed by atoms with E-state index in [1.165, 1.54) is 37.8 Å². The standard InChI is InChI=1S/C15H22O3S/c1-9(16)13(14(17)18-4)19-8-10-5-6-11-7-12(10)15(11,2)3/h5,11-13H,6-8H2,1-4H3/t11-,12-,13?/m0/s1. The van der Waals surface area contributed by atoms with Crippen LogP contribution >= 0.6 is 11.8 Å². The Balaban J connectivity index is 1.97. The first-order valence-corrected chi connectivity index (χ1v) is 7.81. The van der Waals surface area contributed by atoms with E-state index in [9.17, 15) is 9.59 Å². The van der Waals surface area contributed by atoms with Gasteiger partial charge in [0, 0.05) is 5.75 Å². The van der Waals surface area contributed by atoms with E-state index in [1.807, 2.05) is 0 Å². The van der Waals surface area contributed by atoms with Gasteiger partial charge in [0.1, 0.15) is 0 Å². The quantitative estimate of drug-likeness (QED) is 0.442. The first-order valence-electron chi connectivity index (χ1n) is 6.76. The van der Waals surface area contributed by atoms with E-state index < -0.39 is 11.2 Å². The number of rotatable bonds is 5. The zero-order valence-electron chi connectivity index (χ0n) is 12.1. The maximum atomic E-state index is 11.6. The SMILES string of the molecule is COC(=O)C(SCC1=CC[C@H]2C[C@@H]1C2(C)C)C(C)=O. The number of hydrogen-bond acceptors (Lipinski definition) is 4. The third kappa shape index (κ3) is 2.60. The molecule has 0 saturated heterocycles. The number of methoxy groups -OCH3 is 1. The third-order valence-electron chi connectivity index (χ3n) is 4.78. The average Bonchev–Trinajstić information content (AvgIpc) is 2.38. The molecule has 0 radical (unpaired) electrons. The summed E-state index contributed by atoms with van der Waals surface area (Å²) in [5.74, 6) is 1.65. The van der Waals surface area contributed by atoms with Gasteiger partial charge in [0.25, 0.3) is 0 Å². The van der Waals surface area contributed by atoms with Crippen LogP contribution in [0.4, 0.5) is 0 Å². The fourth-order valence-electron chi connectivity index (χ4n) is 3.28. The van der Waals surface area contributed by atoms with Gasteiger partial charge in [-0.2, -0.15) is 0 Å². The van der Waals surface area contributed by atoms with E-state index in [1.54, 1.807) is 0 Å². The monoisotopic (exact) mass is 282 g/mol. The normalized spacial score (nSPS) is 28.9. The Morgan fingerprint density at radius 2 is 2.21 bits per heavy atom. The number of allylic oxidation sites excluding steroid dienone is 1. The van der Waals surface area contributed by atoms with Crippen LogP contribution in [0.2, 0.25) is 0 Å². The number of ketones is 1. The summed E-state index contributed by atoms with van der Waals surface area (Å²) < 4.78 is 4.69. The number of esters is 1. The molecule has 106 valence electrons. The summed E-state index contributed by atoms with van der Waals surface area (Å²) in [5.41, 5.74) is 1.80. The highest BCUT2D eigenvalue weighted by atomic mass is 32.2. The minimum absolute atomic E-state index is 0.126. The molecule has 3 aliphatic rings. The Morgan fingerprint density at radius 3 is 2.68 bits per heavy atom. The summed E-state index contributed by atoms with van der Waals surface area (Å²) in [6.45, 7) is 6.10. The number of fused-ring (bicyclic) bond motifs is 1. The lowest BCUT2D eigenvalue weighted by atomic mass is 9.49. The molecule has 2 bridgehead atoms. The van der Waals surface area contributed by atoms with Crippen molar-refractivity contribution in [2.45, 2.75) is 38.9 Å². The molecule has 1 fully saturated rings. The van der Waals surface area contributed by atoms with E-state index in [2.05, 4.69) is 19.9 Å². The Labute approximate surface area is 119 Å². The third-order valence-corrected chi connectivity index (χ3v) is 6.14. The Kier molecular flexibility index (Phi) is 4.09. The van der Waals surface area contributed by atoms with Crippen LogP contribution in [-0.2, 0) is 14.3 Å². The van der Waals surface area contributed by atoms with Crippen LogP contribution in [0.1, 0.15) is 33.6 Å². The summed E-state index contributed by atoms with van der Waals surface area (Å²) in [6.07, 6.45) is 4.72. The Bertz CT molecular complexity index is 425. The van der Waals surface area contributed by atoms with Crippen molar-refractivity contribution < 1.29 is 14.3 Å². The number of hydrogen-bond donors (Lipinski definition) is 0. The second-order valence-corrected chi connectivity index (χ2v) is 7.24. The highest BCUT2D eigenvalue weighted by Gasteiger charge is 2.51. The Morgan fingerprint density at radius 1 is 1.53 bits per heavy atom. The molecule has 1 saturated carbocycles. The van der Waals surface area contributed by atoms with Crippen LogP contribution < -0.4 is 0 Å². The van der Waals surface area contributed by atoms with Crippen LogP contribution in [-0.4, -0.2) is 29.9 Å². The summed E-state index contributed by atoms with van der Waals surface area (Å²) in [7, 11) is 1.33. The van der Waals surface area contributed by atoms with Crippen molar-refractivity contribution in [3.8, 4) is 0 Å². The molecule has 0 amide bonds. The second-order valence-electron chi connectivity index (χ2n) is 6.15. The zero-order chi connectivity index (χ0) is 14.2. The van der Waals surface area contributed by atoms with Crippen molar-refractivity contribution in [2.75, 3.05) is 12.9 Å². The van der Waals surface area contributed by atoms with E-state index in [4.69, 9.17) is 4.74 Å². The fourth-order valence-corrected chi connectivity index (χ4v) is 4.42. The molecule has 0 heterocycles. The number of Topliss-reactive ketones (excluding diaryl/α,β-unsaturated/α-hetero) is 1. The van der Waals surface area contributed by atoms with E-state index in [0.29, 0.717) is 11.3 Å². The van der Waals surface area contributed by atoms with E-state index in [-0.39, 0.29) is 5.78 Å². The smallest absolute Gasteiger partial charge is 0.326 e. The maximum absolute atomic E-state index is 11.6. The van der Waals surface area contributed by atoms with Crippen molar-refractivity contribution in [3.05, 3.63) is 11.6 Å². The molecule has 0 aromatic carbocycles. The van der Waals surface area contributed by atoms with Crippen LogP contribution in [0.15, 0.2) is 11.6 Å². The fraction of sp³-hybridized carbons (Fsp3) is 0.733. The largest absolute Gasteiger partial charge is 0.468 e. The maximum Gasteiger partial charge on any atom is 0.326 e. The molecule has 3 rings (SSSR count). The van der Waals surface area contributed by atoms with Crippen LogP contribution in [0.25, 0.3) is 0 Å². The molecule has 4 heteroatoms. The van der Waals surface area contributed by atoms with Crippen molar-refractivity contribution in [1.29, 1.82) is 0 Å². The minimum atomic E-state index is -0.674. The van der Waals surface area contributed by atoms with Crippen molar-refractivity contribution in [1.82, 2.24) is 0 Å². The number of ether oxygens (including phenoxy) is 1. The molecule has 19 heavy (non-hydrogen) atoms. The molecule has 0 aliphatic heterocycles. The highest BCUT2D eigenvalue weighted by Crippen LogP contribution is 2.59. The summed E-state index contributed by atoms with van der Waals surface area (Å²) in [5, 5.41) is -0.674. The molecular weight excluding hydrogens is 260 g/mol. The number of carbonyl (C=O) groups is 2. The van der Waals surface area contributed by atoms with Gasteiger partial charge in [0.15, 0.2) is 11.0 Å². The average molecular weight is 282 g/mol. The van der Waals surface area contributed by atoms with Gasteiger partial charge in [-0.15, -0.1) is 11.8 Å². The lowest BCUT2D eigenvalue weighted by Gasteiger charge is -2.56. The van der Waals surface area contributed by atoms with Gasteiger partial charge in [0.05, 0.1) is 7.11 Å². The van der Waals surface area contributed by atoms with E-state index in [0.717, 1.165) is 18.1 Å². The molecule has 0 spiro atoms. The number of thioether (sulfide) groups is 1. The molecule has 3 nitrogen and oxygen atoms in total. The second kappa shape index (κ2) is 5.31. The van der Waals surface area contributed by atoms with Gasteiger partial charge >= 0.3 is 5.97 Å². The summed E-state index contributed by atoms with van der Waals surface area (Å²) in [6, 6.07) is 0. The van der Waals surface area contributed by atoms with E-state index >= 15 is 0 Å². The zero-order valence-corrected chi connectivity index (χ0v) is 12.9. The van der Waals surface area contributed by atoms with Gasteiger partial charge in [-0.3, -0.25) is 9.59 Å². The molecule has 3 atom stereocenters. The van der Waals surface area contributed by atoms with Crippen LogP contribution in [0.3, 0.4) is 0 Å². The predicted octanol–water partition coefficient (Wildman–Crippen LogP) is 2.84.